The van der Waals surface area contributed by atoms with E-state index in [1.54, 1.807) is 38.1 Å². The highest BCUT2D eigenvalue weighted by Crippen LogP contribution is 2.34. The number of amides is 2. The van der Waals surface area contributed by atoms with E-state index in [-0.39, 0.29) is 29.5 Å². The lowest BCUT2D eigenvalue weighted by Crippen LogP contribution is -2.41. The number of alkyl halides is 3. The van der Waals surface area contributed by atoms with Crippen LogP contribution in [0.2, 0.25) is 0 Å². The summed E-state index contributed by atoms with van der Waals surface area (Å²) in [5, 5.41) is 9.13. The maximum Gasteiger partial charge on any atom is 0.573 e. The highest BCUT2D eigenvalue weighted by Gasteiger charge is 2.34. The summed E-state index contributed by atoms with van der Waals surface area (Å²) in [5.74, 6) is -0.911. The molecule has 1 atom stereocenters. The number of benzene rings is 2. The molecule has 0 bridgehead atoms. The van der Waals surface area contributed by atoms with E-state index in [9.17, 15) is 22.8 Å². The van der Waals surface area contributed by atoms with Crippen molar-refractivity contribution in [3.05, 3.63) is 69.2 Å². The molecule has 0 spiro atoms. The topological polar surface area (TPSA) is 102 Å². The largest absolute Gasteiger partial charge is 0.573 e. The van der Waals surface area contributed by atoms with Gasteiger partial charge in [0, 0.05) is 11.3 Å². The molecule has 3 aromatic rings. The molecule has 13 heteroatoms. The summed E-state index contributed by atoms with van der Waals surface area (Å²) < 4.78 is 53.4. The van der Waals surface area contributed by atoms with Gasteiger partial charge in [0.25, 0.3) is 5.91 Å². The molecule has 206 valence electrons. The second-order valence-electron chi connectivity index (χ2n) is 8.54. The molecule has 0 aliphatic carbocycles. The summed E-state index contributed by atoms with van der Waals surface area (Å²) in [5.41, 5.74) is 2.45. The maximum absolute atomic E-state index is 12.9. The van der Waals surface area contributed by atoms with Crippen molar-refractivity contribution in [2.75, 3.05) is 12.4 Å². The SMILES string of the molecule is CCC1OC(=O)N(Cc2ccc(NC(=O)c3sc(C)nc3C)cc2)N=C1c1ccc(OC)c(OC(F)(F)F)c1. The molecule has 1 aromatic heterocycles. The van der Waals surface area contributed by atoms with Gasteiger partial charge in [0.1, 0.15) is 16.7 Å². The molecule has 1 aliphatic rings. The van der Waals surface area contributed by atoms with Gasteiger partial charge < -0.3 is 19.5 Å². The van der Waals surface area contributed by atoms with Crippen LogP contribution in [0.25, 0.3) is 0 Å². The molecule has 1 unspecified atom stereocenters. The Morgan fingerprint density at radius 1 is 1.15 bits per heavy atom. The predicted molar refractivity (Wildman–Crippen MR) is 138 cm³/mol. The Bertz CT molecular complexity index is 1410. The zero-order valence-corrected chi connectivity index (χ0v) is 22.3. The highest BCUT2D eigenvalue weighted by atomic mass is 32.1. The van der Waals surface area contributed by atoms with Crippen LogP contribution in [0.15, 0.2) is 47.6 Å². The summed E-state index contributed by atoms with van der Waals surface area (Å²) in [6.07, 6.45) is -6.03. The van der Waals surface area contributed by atoms with Crippen LogP contribution < -0.4 is 14.8 Å². The number of nitrogens with zero attached hydrogens (tertiary/aromatic N) is 3. The van der Waals surface area contributed by atoms with Gasteiger partial charge in [0.15, 0.2) is 11.5 Å². The molecule has 0 fully saturated rings. The number of carbonyl (C=O) groups excluding carboxylic acids is 2. The summed E-state index contributed by atoms with van der Waals surface area (Å²) in [7, 11) is 1.23. The second kappa shape index (κ2) is 11.3. The van der Waals surface area contributed by atoms with Crippen LogP contribution in [0, 0.1) is 13.8 Å². The number of methoxy groups -OCH3 is 1. The van der Waals surface area contributed by atoms with E-state index >= 15 is 0 Å². The Kier molecular flexibility index (Phi) is 8.09. The number of aryl methyl sites for hydroxylation is 2. The molecule has 0 radical (unpaired) electrons. The van der Waals surface area contributed by atoms with Crippen molar-refractivity contribution in [2.45, 2.75) is 46.2 Å². The minimum atomic E-state index is -4.92. The molecular weight excluding hydrogens is 537 g/mol. The lowest BCUT2D eigenvalue weighted by Gasteiger charge is -2.29. The van der Waals surface area contributed by atoms with Gasteiger partial charge in [-0.2, -0.15) is 10.1 Å². The quantitative estimate of drug-likeness (QED) is 0.358. The number of hydrazone groups is 1. The number of ether oxygens (including phenoxy) is 3. The zero-order valence-electron chi connectivity index (χ0n) is 21.5. The van der Waals surface area contributed by atoms with Crippen LogP contribution in [0.4, 0.5) is 23.7 Å². The van der Waals surface area contributed by atoms with E-state index in [4.69, 9.17) is 9.47 Å². The standard InChI is InChI=1S/C26H25F3N4O5S/c1-5-19-22(17-8-11-20(36-4)21(12-17)38-26(27,28)29)32-33(25(35)37-19)13-16-6-9-18(10-7-16)31-24(34)23-14(2)30-15(3)39-23/h6-12,19H,5,13H2,1-4H3,(H,31,34). The molecular formula is C26H25F3N4O5S. The fraction of sp³-hybridized carbons (Fsp3) is 0.308. The van der Waals surface area contributed by atoms with Crippen LogP contribution in [0.1, 0.15) is 44.8 Å². The first-order chi connectivity index (χ1) is 18.5. The van der Waals surface area contributed by atoms with Crippen molar-refractivity contribution in [3.8, 4) is 11.5 Å². The Balaban J connectivity index is 1.54. The van der Waals surface area contributed by atoms with E-state index in [2.05, 4.69) is 20.1 Å². The van der Waals surface area contributed by atoms with Crippen molar-refractivity contribution in [3.63, 3.8) is 0 Å². The monoisotopic (exact) mass is 562 g/mol. The van der Waals surface area contributed by atoms with Crippen molar-refractivity contribution in [1.82, 2.24) is 9.99 Å². The zero-order chi connectivity index (χ0) is 28.3. The summed E-state index contributed by atoms with van der Waals surface area (Å²) in [6.45, 7) is 5.40. The van der Waals surface area contributed by atoms with E-state index < -0.39 is 24.3 Å². The number of anilines is 1. The van der Waals surface area contributed by atoms with E-state index in [0.717, 1.165) is 16.1 Å². The van der Waals surface area contributed by atoms with Gasteiger partial charge >= 0.3 is 12.5 Å². The predicted octanol–water partition coefficient (Wildman–Crippen LogP) is 6.05. The number of halogens is 3. The number of carbonyl (C=O) groups is 2. The second-order valence-corrected chi connectivity index (χ2v) is 9.74. The molecule has 0 saturated carbocycles. The molecule has 2 amide bonds. The Morgan fingerprint density at radius 3 is 2.46 bits per heavy atom. The molecule has 4 rings (SSSR count). The van der Waals surface area contributed by atoms with E-state index in [1.807, 2.05) is 6.92 Å². The molecule has 2 aromatic carbocycles. The third-order valence-electron chi connectivity index (χ3n) is 5.70. The summed E-state index contributed by atoms with van der Waals surface area (Å²) >= 11 is 1.31. The fourth-order valence-electron chi connectivity index (χ4n) is 3.93. The number of nitrogens with one attached hydrogen (secondary N) is 1. The van der Waals surface area contributed by atoms with Gasteiger partial charge in [-0.25, -0.2) is 9.78 Å². The summed E-state index contributed by atoms with van der Waals surface area (Å²) in [4.78, 5) is 30.0. The lowest BCUT2D eigenvalue weighted by atomic mass is 10.0. The van der Waals surface area contributed by atoms with Gasteiger partial charge in [0.05, 0.1) is 24.4 Å². The van der Waals surface area contributed by atoms with Gasteiger partial charge in [-0.1, -0.05) is 19.1 Å². The molecule has 9 nitrogen and oxygen atoms in total. The van der Waals surface area contributed by atoms with E-state index in [1.165, 1.54) is 30.6 Å². The van der Waals surface area contributed by atoms with Gasteiger partial charge in [-0.3, -0.25) is 4.79 Å². The fourth-order valence-corrected chi connectivity index (χ4v) is 4.75. The number of rotatable bonds is 8. The average Bonchev–Trinajstić information content (AvgIpc) is 3.23. The van der Waals surface area contributed by atoms with Crippen molar-refractivity contribution < 1.29 is 37.0 Å². The van der Waals surface area contributed by atoms with Crippen LogP contribution in [0.5, 0.6) is 11.5 Å². The normalized spacial score (nSPS) is 15.5. The van der Waals surface area contributed by atoms with Crippen molar-refractivity contribution >= 4 is 34.7 Å². The van der Waals surface area contributed by atoms with Crippen molar-refractivity contribution in [2.24, 2.45) is 5.10 Å². The van der Waals surface area contributed by atoms with Crippen LogP contribution in [0.3, 0.4) is 0 Å². The number of hydrogen-bond acceptors (Lipinski definition) is 8. The van der Waals surface area contributed by atoms with Gasteiger partial charge in [-0.15, -0.1) is 24.5 Å². The van der Waals surface area contributed by atoms with Crippen molar-refractivity contribution in [1.29, 1.82) is 0 Å². The molecule has 2 heterocycles. The molecule has 1 aliphatic heterocycles. The van der Waals surface area contributed by atoms with E-state index in [0.29, 0.717) is 28.2 Å². The number of thiazole rings is 1. The molecule has 39 heavy (non-hydrogen) atoms. The first-order valence-corrected chi connectivity index (χ1v) is 12.6. The number of hydrogen-bond donors (Lipinski definition) is 1. The molecule has 0 saturated heterocycles. The lowest BCUT2D eigenvalue weighted by molar-refractivity contribution is -0.275. The first kappa shape index (κ1) is 27.9. The van der Waals surface area contributed by atoms with Crippen LogP contribution >= 0.6 is 11.3 Å². The first-order valence-electron chi connectivity index (χ1n) is 11.8. The van der Waals surface area contributed by atoms with Crippen LogP contribution in [-0.2, 0) is 11.3 Å². The Hall–Kier alpha value is -4.13. The minimum Gasteiger partial charge on any atom is -0.493 e. The number of aromatic nitrogens is 1. The summed E-state index contributed by atoms with van der Waals surface area (Å²) in [6, 6.07) is 10.8. The third kappa shape index (κ3) is 6.66. The molecule has 1 N–H and O–H groups in total. The average molecular weight is 563 g/mol. The Labute approximate surface area is 226 Å². The number of cyclic esters (lactones) is 1. The third-order valence-corrected chi connectivity index (χ3v) is 6.77. The van der Waals surface area contributed by atoms with Gasteiger partial charge in [-0.05, 0) is 56.2 Å². The smallest absolute Gasteiger partial charge is 0.493 e. The highest BCUT2D eigenvalue weighted by molar-refractivity contribution is 7.13. The van der Waals surface area contributed by atoms with Crippen LogP contribution in [-0.4, -0.2) is 47.3 Å². The van der Waals surface area contributed by atoms with Gasteiger partial charge in [0.2, 0.25) is 0 Å². The maximum atomic E-state index is 12.9. The minimum absolute atomic E-state index is 0.0300. The Morgan fingerprint density at radius 2 is 1.87 bits per heavy atom.